The minimum absolute atomic E-state index is 0.107. The van der Waals surface area contributed by atoms with Crippen molar-refractivity contribution >= 4 is 39.7 Å². The molecule has 1 aliphatic carbocycles. The van der Waals surface area contributed by atoms with Gasteiger partial charge in [-0.15, -0.1) is 22.7 Å². The highest BCUT2D eigenvalue weighted by atomic mass is 32.1. The van der Waals surface area contributed by atoms with Crippen molar-refractivity contribution in [2.45, 2.75) is 19.3 Å². The highest BCUT2D eigenvalue weighted by Gasteiger charge is 2.39. The van der Waals surface area contributed by atoms with Crippen molar-refractivity contribution in [2.24, 2.45) is 0 Å². The molecule has 3 rings (SSSR count). The monoisotopic (exact) mass is 374 g/mol. The van der Waals surface area contributed by atoms with Gasteiger partial charge in [0.15, 0.2) is 0 Å². The van der Waals surface area contributed by atoms with Crippen LogP contribution in [-0.4, -0.2) is 36.4 Å². The van der Waals surface area contributed by atoms with Crippen LogP contribution in [0.4, 0.5) is 5.00 Å². The number of aliphatic hydroxyl groups is 1. The summed E-state index contributed by atoms with van der Waals surface area (Å²) in [4.78, 5) is 19.3. The number of anilines is 1. The number of likely N-dealkylation sites (N-methyl/N-ethyl adjacent to an activating group) is 1. The van der Waals surface area contributed by atoms with Crippen LogP contribution in [0.1, 0.15) is 29.9 Å². The van der Waals surface area contributed by atoms with Gasteiger partial charge in [-0.25, -0.2) is 4.85 Å². The fourth-order valence-corrected chi connectivity index (χ4v) is 5.71. The number of rotatable bonds is 5. The summed E-state index contributed by atoms with van der Waals surface area (Å²) in [5, 5.41) is 19.3. The van der Waals surface area contributed by atoms with E-state index in [4.69, 9.17) is 16.8 Å². The Kier molecular flexibility index (Phi) is 4.45. The zero-order valence-electron chi connectivity index (χ0n) is 14.2. The van der Waals surface area contributed by atoms with Gasteiger partial charge in [0.2, 0.25) is 0 Å². The lowest BCUT2D eigenvalue weighted by Gasteiger charge is -2.20. The van der Waals surface area contributed by atoms with Crippen LogP contribution in [0.5, 0.6) is 0 Å². The lowest BCUT2D eigenvalue weighted by Crippen LogP contribution is -2.20. The fourth-order valence-electron chi connectivity index (χ4n) is 3.00. The summed E-state index contributed by atoms with van der Waals surface area (Å²) in [5.41, 5.74) is 2.00. The Labute approximate surface area is 154 Å². The van der Waals surface area contributed by atoms with E-state index >= 15 is 0 Å². The molecule has 2 N–H and O–H groups in total. The van der Waals surface area contributed by atoms with Crippen LogP contribution in [0.25, 0.3) is 20.7 Å². The number of nitrogens with zero attached hydrogens (tertiary/aromatic N) is 2. The topological polar surface area (TPSA) is 65.1 Å². The molecule has 0 bridgehead atoms. The summed E-state index contributed by atoms with van der Waals surface area (Å²) in [6.45, 7) is 12.0. The zero-order valence-corrected chi connectivity index (χ0v) is 15.8. The van der Waals surface area contributed by atoms with Gasteiger partial charge in [-0.2, -0.15) is 0 Å². The second-order valence-electron chi connectivity index (χ2n) is 6.44. The van der Waals surface area contributed by atoms with E-state index in [1.165, 1.54) is 33.4 Å². The normalized spacial score (nSPS) is 14.8. The van der Waals surface area contributed by atoms with Crippen molar-refractivity contribution in [3.05, 3.63) is 45.3 Å². The number of aliphatic carboxylic acids is 1. The van der Waals surface area contributed by atoms with Gasteiger partial charge in [-0.3, -0.25) is 4.79 Å². The molecule has 0 amide bonds. The number of carboxylic acid groups (broad SMARTS) is 1. The first-order chi connectivity index (χ1) is 11.8. The average molecular weight is 374 g/mol. The highest BCUT2D eigenvalue weighted by Crippen LogP contribution is 2.57. The van der Waals surface area contributed by atoms with Crippen LogP contribution in [-0.2, 0) is 10.2 Å². The fraction of sp³-hybridized carbons (Fsp3) is 0.333. The smallest absolute Gasteiger partial charge is 0.333 e. The Morgan fingerprint density at radius 1 is 1.32 bits per heavy atom. The molecule has 7 heteroatoms. The molecule has 0 aliphatic heterocycles. The van der Waals surface area contributed by atoms with Crippen molar-refractivity contribution < 1.29 is 15.0 Å². The van der Waals surface area contributed by atoms with Crippen molar-refractivity contribution in [1.82, 2.24) is 0 Å². The molecular formula is C18H18N2O3S2. The Morgan fingerprint density at radius 3 is 2.56 bits per heavy atom. The van der Waals surface area contributed by atoms with Gasteiger partial charge in [0.05, 0.1) is 23.1 Å². The molecule has 0 aromatic carbocycles. The van der Waals surface area contributed by atoms with E-state index in [1.54, 1.807) is 11.3 Å². The molecule has 0 saturated carbocycles. The largest absolute Gasteiger partial charge is 0.486 e. The minimum Gasteiger partial charge on any atom is -0.486 e. The van der Waals surface area contributed by atoms with E-state index in [0.29, 0.717) is 6.54 Å². The molecular weight excluding hydrogens is 356 g/mol. The maximum atomic E-state index is 11.1. The molecule has 130 valence electrons. The number of carbonyl (C=O) groups is 1. The summed E-state index contributed by atoms with van der Waals surface area (Å²) in [5.74, 6) is -1.20. The molecule has 2 heterocycles. The molecule has 25 heavy (non-hydrogen) atoms. The van der Waals surface area contributed by atoms with Gasteiger partial charge in [0, 0.05) is 28.8 Å². The first-order valence-corrected chi connectivity index (χ1v) is 9.36. The van der Waals surface area contributed by atoms with Gasteiger partial charge in [-0.1, -0.05) is 13.8 Å². The number of carboxylic acids is 1. The molecule has 0 saturated heterocycles. The van der Waals surface area contributed by atoms with Gasteiger partial charge < -0.3 is 15.1 Å². The molecule has 2 aromatic rings. The molecule has 5 nitrogen and oxygen atoms in total. The van der Waals surface area contributed by atoms with Crippen molar-refractivity contribution in [3.63, 3.8) is 0 Å². The molecule has 2 aromatic heterocycles. The Bertz CT molecular complexity index is 915. The standard InChI is InChI=1S/C18H18N2O3S2/c1-18(2)11-7-10(8-13(19-3)17(22)23)24-15(11)16-12(18)9-14(25-16)20(4)5-6-21/h7-9,21H,5-6H2,1-2,4H3,(H,22,23)/b13-8-. The number of hydrogen-bond donors (Lipinski definition) is 2. The molecule has 0 unspecified atom stereocenters. The highest BCUT2D eigenvalue weighted by molar-refractivity contribution is 7.25. The molecule has 0 radical (unpaired) electrons. The van der Waals surface area contributed by atoms with Crippen molar-refractivity contribution in [2.75, 3.05) is 25.1 Å². The summed E-state index contributed by atoms with van der Waals surface area (Å²) >= 11 is 3.21. The van der Waals surface area contributed by atoms with Crippen LogP contribution < -0.4 is 4.90 Å². The Morgan fingerprint density at radius 2 is 1.96 bits per heavy atom. The summed E-state index contributed by atoms with van der Waals surface area (Å²) < 4.78 is 0. The van der Waals surface area contributed by atoms with Crippen LogP contribution in [0, 0.1) is 6.57 Å². The molecule has 0 fully saturated rings. The number of thiophene rings is 2. The lowest BCUT2D eigenvalue weighted by molar-refractivity contribution is -0.132. The van der Waals surface area contributed by atoms with Gasteiger partial charge >= 0.3 is 5.97 Å². The van der Waals surface area contributed by atoms with Crippen LogP contribution in [0.3, 0.4) is 0 Å². The van der Waals surface area contributed by atoms with E-state index in [9.17, 15) is 4.79 Å². The number of hydrogen-bond acceptors (Lipinski definition) is 5. The van der Waals surface area contributed by atoms with Crippen LogP contribution >= 0.6 is 22.7 Å². The van der Waals surface area contributed by atoms with Crippen LogP contribution in [0.2, 0.25) is 0 Å². The quantitative estimate of drug-likeness (QED) is 0.616. The summed E-state index contributed by atoms with van der Waals surface area (Å²) in [6, 6.07) is 4.18. The Balaban J connectivity index is 2.07. The van der Waals surface area contributed by atoms with Crippen molar-refractivity contribution in [3.8, 4) is 9.75 Å². The van der Waals surface area contributed by atoms with E-state index in [0.717, 1.165) is 14.8 Å². The van der Waals surface area contributed by atoms with E-state index in [-0.39, 0.29) is 17.7 Å². The SMILES string of the molecule is [C-]#[N+]/C(=C\c1cc2c(s1)-c1sc(N(C)CCO)cc1C2(C)C)C(=O)O. The van der Waals surface area contributed by atoms with Crippen LogP contribution in [0.15, 0.2) is 17.8 Å². The Hall–Kier alpha value is -2.14. The second-order valence-corrected chi connectivity index (χ2v) is 8.55. The third-order valence-corrected chi connectivity index (χ3v) is 6.95. The van der Waals surface area contributed by atoms with Gasteiger partial charge in [0.25, 0.3) is 5.70 Å². The van der Waals surface area contributed by atoms with Gasteiger partial charge in [-0.05, 0) is 29.3 Å². The van der Waals surface area contributed by atoms with Crippen molar-refractivity contribution in [1.29, 1.82) is 0 Å². The first-order valence-electron chi connectivity index (χ1n) is 7.73. The third-order valence-electron chi connectivity index (χ3n) is 4.45. The summed E-state index contributed by atoms with van der Waals surface area (Å²) in [7, 11) is 1.96. The average Bonchev–Trinajstić information content (AvgIpc) is 3.20. The predicted molar refractivity (Wildman–Crippen MR) is 102 cm³/mol. The third kappa shape index (κ3) is 2.86. The number of fused-ring (bicyclic) bond motifs is 3. The van der Waals surface area contributed by atoms with Gasteiger partial charge in [0.1, 0.15) is 0 Å². The second kappa shape index (κ2) is 6.30. The van der Waals surface area contributed by atoms with E-state index < -0.39 is 5.97 Å². The maximum absolute atomic E-state index is 11.1. The zero-order chi connectivity index (χ0) is 18.4. The first kappa shape index (κ1) is 17.7. The maximum Gasteiger partial charge on any atom is 0.333 e. The number of aliphatic hydroxyl groups excluding tert-OH is 1. The van der Waals surface area contributed by atoms with E-state index in [2.05, 4.69) is 24.8 Å². The minimum atomic E-state index is -1.20. The van der Waals surface area contributed by atoms with E-state index in [1.807, 2.05) is 18.0 Å². The predicted octanol–water partition coefficient (Wildman–Crippen LogP) is 3.89. The molecule has 1 aliphatic rings. The molecule has 0 atom stereocenters. The molecule has 0 spiro atoms. The summed E-state index contributed by atoms with van der Waals surface area (Å²) in [6.07, 6.45) is 1.44. The lowest BCUT2D eigenvalue weighted by atomic mass is 9.84.